The molecule has 0 aromatic carbocycles. The highest BCUT2D eigenvalue weighted by atomic mass is 32.1. The van der Waals surface area contributed by atoms with Crippen LogP contribution in [0.3, 0.4) is 0 Å². The summed E-state index contributed by atoms with van der Waals surface area (Å²) in [5, 5.41) is 6.03. The highest BCUT2D eigenvalue weighted by molar-refractivity contribution is 7.10. The van der Waals surface area contributed by atoms with Gasteiger partial charge < -0.3 is 5.32 Å². The molecular weight excluding hydrogens is 214 g/mol. The molecule has 0 spiro atoms. The summed E-state index contributed by atoms with van der Waals surface area (Å²) in [4.78, 5) is 1.50. The van der Waals surface area contributed by atoms with E-state index in [1.54, 1.807) is 0 Å². The van der Waals surface area contributed by atoms with Crippen LogP contribution in [-0.4, -0.2) is 6.04 Å². The van der Waals surface area contributed by atoms with Crippen molar-refractivity contribution in [3.05, 3.63) is 22.4 Å². The molecule has 1 aliphatic rings. The van der Waals surface area contributed by atoms with E-state index in [9.17, 15) is 0 Å². The third-order valence-corrected chi connectivity index (χ3v) is 4.65. The van der Waals surface area contributed by atoms with Crippen molar-refractivity contribution in [2.45, 2.75) is 58.0 Å². The fraction of sp³-hybridized carbons (Fsp3) is 0.714. The highest BCUT2D eigenvalue weighted by Crippen LogP contribution is 2.28. The molecule has 90 valence electrons. The summed E-state index contributed by atoms with van der Waals surface area (Å²) in [6.07, 6.45) is 6.76. The van der Waals surface area contributed by atoms with Gasteiger partial charge in [0, 0.05) is 17.0 Å². The molecule has 1 N–H and O–H groups in total. The van der Waals surface area contributed by atoms with Gasteiger partial charge in [-0.15, -0.1) is 11.3 Å². The predicted molar refractivity (Wildman–Crippen MR) is 71.9 cm³/mol. The number of rotatable bonds is 4. The number of hydrogen-bond acceptors (Lipinski definition) is 2. The van der Waals surface area contributed by atoms with Crippen molar-refractivity contribution in [3.8, 4) is 0 Å². The summed E-state index contributed by atoms with van der Waals surface area (Å²) in [7, 11) is 0. The molecule has 2 heteroatoms. The summed E-state index contributed by atoms with van der Waals surface area (Å²) in [5.41, 5.74) is 0. The third-order valence-electron chi connectivity index (χ3n) is 3.67. The fourth-order valence-corrected chi connectivity index (χ4v) is 3.63. The molecule has 0 amide bonds. The molecule has 1 aromatic rings. The van der Waals surface area contributed by atoms with Crippen LogP contribution < -0.4 is 5.32 Å². The van der Waals surface area contributed by atoms with Gasteiger partial charge in [0.2, 0.25) is 0 Å². The fourth-order valence-electron chi connectivity index (χ4n) is 2.76. The molecule has 1 saturated carbocycles. The van der Waals surface area contributed by atoms with E-state index in [2.05, 4.69) is 36.7 Å². The van der Waals surface area contributed by atoms with Gasteiger partial charge in [0.15, 0.2) is 0 Å². The van der Waals surface area contributed by atoms with Gasteiger partial charge >= 0.3 is 0 Å². The van der Waals surface area contributed by atoms with Crippen molar-refractivity contribution in [2.75, 3.05) is 0 Å². The lowest BCUT2D eigenvalue weighted by atomic mass is 9.86. The van der Waals surface area contributed by atoms with Crippen LogP contribution in [0.15, 0.2) is 17.5 Å². The Morgan fingerprint density at radius 1 is 1.50 bits per heavy atom. The minimum Gasteiger partial charge on any atom is -0.306 e. The van der Waals surface area contributed by atoms with E-state index in [1.807, 2.05) is 11.3 Å². The zero-order chi connectivity index (χ0) is 11.4. The largest absolute Gasteiger partial charge is 0.306 e. The van der Waals surface area contributed by atoms with Crippen LogP contribution in [0.25, 0.3) is 0 Å². The Bertz CT molecular complexity index is 294. The van der Waals surface area contributed by atoms with Gasteiger partial charge in [0.05, 0.1) is 0 Å². The average Bonchev–Trinajstić information content (AvgIpc) is 2.79. The molecule has 3 unspecified atom stereocenters. The first-order valence-corrected chi connectivity index (χ1v) is 7.47. The van der Waals surface area contributed by atoms with Crippen molar-refractivity contribution in [3.63, 3.8) is 0 Å². The normalized spacial score (nSPS) is 27.9. The van der Waals surface area contributed by atoms with E-state index >= 15 is 0 Å². The molecular formula is C14H23NS. The topological polar surface area (TPSA) is 12.0 Å². The number of thiophene rings is 1. The van der Waals surface area contributed by atoms with E-state index in [1.165, 1.54) is 37.0 Å². The molecule has 16 heavy (non-hydrogen) atoms. The Labute approximate surface area is 103 Å². The smallest absolute Gasteiger partial charge is 0.0414 e. The molecule has 3 atom stereocenters. The molecule has 1 nitrogen and oxygen atoms in total. The van der Waals surface area contributed by atoms with Crippen LogP contribution in [0.4, 0.5) is 0 Å². The lowest BCUT2D eigenvalue weighted by Gasteiger charge is -2.30. The van der Waals surface area contributed by atoms with Crippen LogP contribution in [0, 0.1) is 5.92 Å². The summed E-state index contributed by atoms with van der Waals surface area (Å²) < 4.78 is 0. The van der Waals surface area contributed by atoms with Gasteiger partial charge in [-0.1, -0.05) is 32.8 Å². The van der Waals surface area contributed by atoms with Gasteiger partial charge in [-0.3, -0.25) is 0 Å². The monoisotopic (exact) mass is 237 g/mol. The van der Waals surface area contributed by atoms with Crippen molar-refractivity contribution < 1.29 is 0 Å². The van der Waals surface area contributed by atoms with Gasteiger partial charge in [0.25, 0.3) is 0 Å². The van der Waals surface area contributed by atoms with Crippen molar-refractivity contribution in [2.24, 2.45) is 5.92 Å². The summed E-state index contributed by atoms with van der Waals surface area (Å²) in [5.74, 6) is 0.909. The molecule has 1 heterocycles. The average molecular weight is 237 g/mol. The standard InChI is InChI=1S/C14H23NS/c1-3-13(14-8-5-9-16-14)15-12-7-4-6-11(2)10-12/h5,8-9,11-13,15H,3-4,6-7,10H2,1-2H3. The molecule has 0 aliphatic heterocycles. The molecule has 0 radical (unpaired) electrons. The van der Waals surface area contributed by atoms with Crippen molar-refractivity contribution in [1.29, 1.82) is 0 Å². The van der Waals surface area contributed by atoms with Crippen LogP contribution in [0.2, 0.25) is 0 Å². The van der Waals surface area contributed by atoms with Gasteiger partial charge in [-0.2, -0.15) is 0 Å². The minimum absolute atomic E-state index is 0.579. The summed E-state index contributed by atoms with van der Waals surface area (Å²) in [6.45, 7) is 4.67. The Hall–Kier alpha value is -0.340. The lowest BCUT2D eigenvalue weighted by Crippen LogP contribution is -2.35. The molecule has 0 bridgehead atoms. The molecule has 1 aliphatic carbocycles. The maximum absolute atomic E-state index is 3.85. The van der Waals surface area contributed by atoms with Gasteiger partial charge in [-0.25, -0.2) is 0 Å². The third kappa shape index (κ3) is 3.08. The first kappa shape index (κ1) is 12.1. The first-order valence-electron chi connectivity index (χ1n) is 6.59. The van der Waals surface area contributed by atoms with Crippen LogP contribution >= 0.6 is 11.3 Å². The Morgan fingerprint density at radius 2 is 2.38 bits per heavy atom. The Balaban J connectivity index is 1.91. The zero-order valence-electron chi connectivity index (χ0n) is 10.4. The van der Waals surface area contributed by atoms with Gasteiger partial charge in [-0.05, 0) is 36.6 Å². The minimum atomic E-state index is 0.579. The molecule has 1 aromatic heterocycles. The second-order valence-corrected chi connectivity index (χ2v) is 6.09. The van der Waals surface area contributed by atoms with Crippen LogP contribution in [-0.2, 0) is 0 Å². The Morgan fingerprint density at radius 3 is 3.00 bits per heavy atom. The van der Waals surface area contributed by atoms with E-state index < -0.39 is 0 Å². The van der Waals surface area contributed by atoms with E-state index in [-0.39, 0.29) is 0 Å². The summed E-state index contributed by atoms with van der Waals surface area (Å²) >= 11 is 1.88. The number of hydrogen-bond donors (Lipinski definition) is 1. The maximum Gasteiger partial charge on any atom is 0.0414 e. The SMILES string of the molecule is CCC(NC1CCCC(C)C1)c1cccs1. The molecule has 2 rings (SSSR count). The maximum atomic E-state index is 3.85. The second-order valence-electron chi connectivity index (χ2n) is 5.11. The quantitative estimate of drug-likeness (QED) is 0.820. The number of nitrogens with one attached hydrogen (secondary N) is 1. The van der Waals surface area contributed by atoms with Crippen molar-refractivity contribution in [1.82, 2.24) is 5.32 Å². The molecule has 0 saturated heterocycles. The van der Waals surface area contributed by atoms with Crippen LogP contribution in [0.5, 0.6) is 0 Å². The van der Waals surface area contributed by atoms with Crippen LogP contribution in [0.1, 0.15) is 56.9 Å². The second kappa shape index (κ2) is 5.83. The van der Waals surface area contributed by atoms with Gasteiger partial charge in [0.1, 0.15) is 0 Å². The first-order chi connectivity index (χ1) is 7.79. The zero-order valence-corrected chi connectivity index (χ0v) is 11.2. The van der Waals surface area contributed by atoms with E-state index in [4.69, 9.17) is 0 Å². The van der Waals surface area contributed by atoms with E-state index in [0.29, 0.717) is 6.04 Å². The molecule has 1 fully saturated rings. The summed E-state index contributed by atoms with van der Waals surface area (Å²) in [6, 6.07) is 5.75. The predicted octanol–water partition coefficient (Wildman–Crippen LogP) is 4.37. The van der Waals surface area contributed by atoms with E-state index in [0.717, 1.165) is 12.0 Å². The Kier molecular flexibility index (Phi) is 4.42. The highest BCUT2D eigenvalue weighted by Gasteiger charge is 2.21. The van der Waals surface area contributed by atoms with Crippen molar-refractivity contribution >= 4 is 11.3 Å². The lowest BCUT2D eigenvalue weighted by molar-refractivity contribution is 0.279.